The zero-order chi connectivity index (χ0) is 13.3. The second-order valence-electron chi connectivity index (χ2n) is 5.03. The van der Waals surface area contributed by atoms with Crippen molar-refractivity contribution in [3.63, 3.8) is 0 Å². The molecule has 0 saturated heterocycles. The summed E-state index contributed by atoms with van der Waals surface area (Å²) < 4.78 is 5.51. The van der Waals surface area contributed by atoms with Crippen molar-refractivity contribution in [3.8, 4) is 0 Å². The molecule has 4 nitrogen and oxygen atoms in total. The summed E-state index contributed by atoms with van der Waals surface area (Å²) in [6, 6.07) is 8.20. The number of anilines is 1. The van der Waals surface area contributed by atoms with E-state index in [1.807, 2.05) is 12.1 Å². The van der Waals surface area contributed by atoms with Crippen molar-refractivity contribution < 1.29 is 4.74 Å². The topological polar surface area (TPSA) is 50.9 Å². The fourth-order valence-electron chi connectivity index (χ4n) is 2.42. The summed E-state index contributed by atoms with van der Waals surface area (Å²) in [5.41, 5.74) is 8.12. The zero-order valence-electron chi connectivity index (χ0n) is 11.5. The van der Waals surface area contributed by atoms with E-state index >= 15 is 0 Å². The molecule has 98 valence electrons. The highest BCUT2D eigenvalue weighted by molar-refractivity contribution is 5.99. The summed E-state index contributed by atoms with van der Waals surface area (Å²) in [7, 11) is 1.72. The minimum Gasteiger partial charge on any atom is -0.379 e. The third-order valence-electron chi connectivity index (χ3n) is 3.89. The molecule has 1 aromatic rings. The number of nitrogens with two attached hydrogens (primary N) is 1. The molecule has 1 aromatic carbocycles. The number of methoxy groups -OCH3 is 1. The van der Waals surface area contributed by atoms with Gasteiger partial charge in [-0.15, -0.1) is 0 Å². The van der Waals surface area contributed by atoms with Gasteiger partial charge in [0.25, 0.3) is 0 Å². The Morgan fingerprint density at radius 1 is 1.44 bits per heavy atom. The Morgan fingerprint density at radius 3 is 2.72 bits per heavy atom. The van der Waals surface area contributed by atoms with Crippen LogP contribution in [0, 0.1) is 6.92 Å². The quantitative estimate of drug-likeness (QED) is 0.888. The third-order valence-corrected chi connectivity index (χ3v) is 3.89. The molecule has 2 unspecified atom stereocenters. The lowest BCUT2D eigenvalue weighted by Gasteiger charge is -2.40. The van der Waals surface area contributed by atoms with E-state index in [9.17, 15) is 0 Å². The molecule has 2 rings (SSSR count). The summed E-state index contributed by atoms with van der Waals surface area (Å²) >= 11 is 0. The lowest BCUT2D eigenvalue weighted by Crippen LogP contribution is -2.57. The van der Waals surface area contributed by atoms with Gasteiger partial charge in [-0.05, 0) is 32.4 Å². The average molecular weight is 247 g/mol. The van der Waals surface area contributed by atoms with Gasteiger partial charge in [-0.3, -0.25) is 4.99 Å². The van der Waals surface area contributed by atoms with Crippen LogP contribution in [0.15, 0.2) is 29.3 Å². The first-order valence-electron chi connectivity index (χ1n) is 6.19. The molecule has 1 aliphatic rings. The van der Waals surface area contributed by atoms with E-state index in [1.165, 1.54) is 5.56 Å². The van der Waals surface area contributed by atoms with Crippen LogP contribution < -0.4 is 10.6 Å². The van der Waals surface area contributed by atoms with E-state index in [0.717, 1.165) is 5.69 Å². The van der Waals surface area contributed by atoms with E-state index in [-0.39, 0.29) is 11.6 Å². The van der Waals surface area contributed by atoms with Crippen molar-refractivity contribution >= 4 is 11.6 Å². The number of ether oxygens (including phenoxy) is 1. The van der Waals surface area contributed by atoms with Gasteiger partial charge in [-0.25, -0.2) is 0 Å². The monoisotopic (exact) mass is 247 g/mol. The predicted octanol–water partition coefficient (Wildman–Crippen LogP) is 1.92. The molecule has 4 heteroatoms. The Labute approximate surface area is 108 Å². The van der Waals surface area contributed by atoms with Gasteiger partial charge in [-0.2, -0.15) is 0 Å². The summed E-state index contributed by atoms with van der Waals surface area (Å²) in [6.07, 6.45) is 0.0434. The number of hydrogen-bond donors (Lipinski definition) is 1. The molecule has 18 heavy (non-hydrogen) atoms. The maximum absolute atomic E-state index is 6.07. The molecular formula is C14H21N3O. The van der Waals surface area contributed by atoms with Crippen molar-refractivity contribution in [3.05, 3.63) is 29.8 Å². The number of aliphatic imine (C=N–C) groups is 1. The summed E-state index contributed by atoms with van der Waals surface area (Å²) in [5.74, 6) is 0.565. The minimum absolute atomic E-state index is 0.0434. The van der Waals surface area contributed by atoms with Gasteiger partial charge in [0.05, 0.1) is 18.2 Å². The van der Waals surface area contributed by atoms with Crippen molar-refractivity contribution in [1.82, 2.24) is 0 Å². The second kappa shape index (κ2) is 4.61. The fraction of sp³-hybridized carbons (Fsp3) is 0.500. The smallest absolute Gasteiger partial charge is 0.196 e. The van der Waals surface area contributed by atoms with Crippen molar-refractivity contribution in [1.29, 1.82) is 0 Å². The summed E-state index contributed by atoms with van der Waals surface area (Å²) in [5, 5.41) is 0. The predicted molar refractivity (Wildman–Crippen MR) is 75.0 cm³/mol. The molecule has 2 N–H and O–H groups in total. The largest absolute Gasteiger partial charge is 0.379 e. The fourth-order valence-corrected chi connectivity index (χ4v) is 2.42. The standard InChI is InChI=1S/C14H21N3O/c1-10-7-5-6-8-12(10)17-13(15)16-9-14(17,3)11(2)18-4/h5-8,11H,9H2,1-4H3,(H2,15,16). The Bertz CT molecular complexity index is 472. The Hall–Kier alpha value is -1.55. The number of rotatable bonds is 3. The Morgan fingerprint density at radius 2 is 2.11 bits per heavy atom. The first-order valence-corrected chi connectivity index (χ1v) is 6.19. The Balaban J connectivity index is 2.46. The Kier molecular flexibility index (Phi) is 3.30. The number of para-hydroxylation sites is 1. The highest BCUT2D eigenvalue weighted by Crippen LogP contribution is 2.33. The molecular weight excluding hydrogens is 226 g/mol. The van der Waals surface area contributed by atoms with Crippen molar-refractivity contribution in [2.45, 2.75) is 32.4 Å². The van der Waals surface area contributed by atoms with Gasteiger partial charge in [0.1, 0.15) is 0 Å². The number of aryl methyl sites for hydroxylation is 1. The molecule has 0 fully saturated rings. The molecule has 0 amide bonds. The van der Waals surface area contributed by atoms with Crippen molar-refractivity contribution in [2.24, 2.45) is 10.7 Å². The van der Waals surface area contributed by atoms with Crippen LogP contribution in [0.25, 0.3) is 0 Å². The SMILES string of the molecule is COC(C)C1(C)CN=C(N)N1c1ccccc1C. The van der Waals surface area contributed by atoms with Crippen LogP contribution >= 0.6 is 0 Å². The lowest BCUT2D eigenvalue weighted by molar-refractivity contribution is 0.0644. The highest BCUT2D eigenvalue weighted by atomic mass is 16.5. The van der Waals surface area contributed by atoms with Crippen LogP contribution in [0.4, 0.5) is 5.69 Å². The van der Waals surface area contributed by atoms with Gasteiger partial charge in [0.2, 0.25) is 0 Å². The molecule has 0 spiro atoms. The minimum atomic E-state index is -0.231. The molecule has 0 aromatic heterocycles. The van der Waals surface area contributed by atoms with Crippen LogP contribution in [-0.2, 0) is 4.74 Å². The zero-order valence-corrected chi connectivity index (χ0v) is 11.5. The van der Waals surface area contributed by atoms with E-state index in [4.69, 9.17) is 10.5 Å². The third kappa shape index (κ3) is 1.86. The first kappa shape index (κ1) is 12.9. The van der Waals surface area contributed by atoms with E-state index < -0.39 is 0 Å². The average Bonchev–Trinajstić information content (AvgIpc) is 2.67. The van der Waals surface area contributed by atoms with Crippen LogP contribution in [0.5, 0.6) is 0 Å². The summed E-state index contributed by atoms with van der Waals surface area (Å²) in [6.45, 7) is 6.93. The molecule has 0 bridgehead atoms. The molecule has 1 aliphatic heterocycles. The van der Waals surface area contributed by atoms with Gasteiger partial charge in [0, 0.05) is 12.8 Å². The molecule has 0 saturated carbocycles. The maximum atomic E-state index is 6.07. The molecule has 0 aliphatic carbocycles. The molecule has 0 radical (unpaired) electrons. The summed E-state index contributed by atoms with van der Waals surface area (Å²) in [4.78, 5) is 6.49. The van der Waals surface area contributed by atoms with Crippen LogP contribution in [-0.4, -0.2) is 31.3 Å². The van der Waals surface area contributed by atoms with E-state index in [0.29, 0.717) is 12.5 Å². The van der Waals surface area contributed by atoms with Gasteiger partial charge in [-0.1, -0.05) is 18.2 Å². The first-order chi connectivity index (χ1) is 8.50. The number of nitrogens with zero attached hydrogens (tertiary/aromatic N) is 2. The van der Waals surface area contributed by atoms with E-state index in [1.54, 1.807) is 7.11 Å². The van der Waals surface area contributed by atoms with Gasteiger partial charge < -0.3 is 15.4 Å². The van der Waals surface area contributed by atoms with Crippen LogP contribution in [0.3, 0.4) is 0 Å². The number of guanidine groups is 1. The van der Waals surface area contributed by atoms with Gasteiger partial charge in [0.15, 0.2) is 5.96 Å². The maximum Gasteiger partial charge on any atom is 0.196 e. The molecule has 1 heterocycles. The highest BCUT2D eigenvalue weighted by Gasteiger charge is 2.44. The lowest BCUT2D eigenvalue weighted by atomic mass is 9.93. The van der Waals surface area contributed by atoms with Crippen molar-refractivity contribution in [2.75, 3.05) is 18.6 Å². The number of hydrogen-bond acceptors (Lipinski definition) is 4. The normalized spacial score (nSPS) is 25.1. The number of benzene rings is 1. The van der Waals surface area contributed by atoms with E-state index in [2.05, 4.69) is 42.8 Å². The van der Waals surface area contributed by atoms with Crippen LogP contribution in [0.2, 0.25) is 0 Å². The second-order valence-corrected chi connectivity index (χ2v) is 5.03. The van der Waals surface area contributed by atoms with Gasteiger partial charge >= 0.3 is 0 Å². The van der Waals surface area contributed by atoms with Crippen LogP contribution in [0.1, 0.15) is 19.4 Å². The molecule has 2 atom stereocenters.